The van der Waals surface area contributed by atoms with E-state index in [0.29, 0.717) is 5.75 Å². The van der Waals surface area contributed by atoms with Gasteiger partial charge in [0, 0.05) is 5.56 Å². The second-order valence-electron chi connectivity index (χ2n) is 5.47. The minimum absolute atomic E-state index is 0.696. The maximum Gasteiger partial charge on any atom is 0.133 e. The van der Waals surface area contributed by atoms with Crippen LogP contribution in [0.5, 0.6) is 11.5 Å². The molecule has 0 saturated carbocycles. The quantitative estimate of drug-likeness (QED) is 0.886. The van der Waals surface area contributed by atoms with E-state index < -0.39 is 5.60 Å². The molecule has 2 aromatic rings. The van der Waals surface area contributed by atoms with Gasteiger partial charge < -0.3 is 9.84 Å². The average molecular weight is 256 g/mol. The van der Waals surface area contributed by atoms with Crippen molar-refractivity contribution in [3.63, 3.8) is 0 Å². The monoisotopic (exact) mass is 256 g/mol. The smallest absolute Gasteiger partial charge is 0.133 e. The standard InChI is InChI=1S/C17H20O2/c1-12-5-8-14(9-6-12)19-16-10-7-13(2)11-15(16)17(3,4)18/h5-11,18H,1-4H3. The normalized spacial score (nSPS) is 11.4. The first-order valence-electron chi connectivity index (χ1n) is 6.44. The van der Waals surface area contributed by atoms with Gasteiger partial charge in [-0.1, -0.05) is 29.3 Å². The van der Waals surface area contributed by atoms with Gasteiger partial charge in [-0.05, 0) is 52.0 Å². The lowest BCUT2D eigenvalue weighted by Crippen LogP contribution is -2.16. The summed E-state index contributed by atoms with van der Waals surface area (Å²) in [6.45, 7) is 7.58. The van der Waals surface area contributed by atoms with Gasteiger partial charge in [-0.3, -0.25) is 0 Å². The van der Waals surface area contributed by atoms with Crippen LogP contribution in [0.25, 0.3) is 0 Å². The van der Waals surface area contributed by atoms with Crippen LogP contribution in [0.15, 0.2) is 42.5 Å². The molecule has 2 aromatic carbocycles. The lowest BCUT2D eigenvalue weighted by atomic mass is 9.95. The van der Waals surface area contributed by atoms with Crippen molar-refractivity contribution in [2.24, 2.45) is 0 Å². The first kappa shape index (κ1) is 13.6. The number of benzene rings is 2. The molecule has 0 aromatic heterocycles. The lowest BCUT2D eigenvalue weighted by molar-refractivity contribution is 0.0762. The van der Waals surface area contributed by atoms with E-state index in [0.717, 1.165) is 16.9 Å². The van der Waals surface area contributed by atoms with Crippen molar-refractivity contribution in [2.45, 2.75) is 33.3 Å². The Hall–Kier alpha value is -1.80. The number of ether oxygens (including phenoxy) is 1. The van der Waals surface area contributed by atoms with Crippen LogP contribution in [0.2, 0.25) is 0 Å². The van der Waals surface area contributed by atoms with Crippen LogP contribution in [-0.2, 0) is 5.60 Å². The molecule has 2 rings (SSSR count). The van der Waals surface area contributed by atoms with Crippen molar-refractivity contribution in [1.29, 1.82) is 0 Å². The second kappa shape index (κ2) is 5.06. The predicted molar refractivity (Wildman–Crippen MR) is 77.7 cm³/mol. The summed E-state index contributed by atoms with van der Waals surface area (Å²) in [6.07, 6.45) is 0. The van der Waals surface area contributed by atoms with Crippen molar-refractivity contribution in [2.75, 3.05) is 0 Å². The summed E-state index contributed by atoms with van der Waals surface area (Å²) in [5.41, 5.74) is 2.17. The Labute approximate surface area is 114 Å². The molecule has 0 bridgehead atoms. The second-order valence-corrected chi connectivity index (χ2v) is 5.47. The molecule has 1 N–H and O–H groups in total. The Balaban J connectivity index is 2.37. The predicted octanol–water partition coefficient (Wildman–Crippen LogP) is 4.32. The van der Waals surface area contributed by atoms with Gasteiger partial charge in [0.25, 0.3) is 0 Å². The Kier molecular flexibility index (Phi) is 3.63. The zero-order valence-electron chi connectivity index (χ0n) is 11.9. The number of aliphatic hydroxyl groups is 1. The number of hydrogen-bond acceptors (Lipinski definition) is 2. The number of aryl methyl sites for hydroxylation is 2. The Bertz CT molecular complexity index is 563. The van der Waals surface area contributed by atoms with E-state index in [2.05, 4.69) is 0 Å². The molecule has 2 heteroatoms. The van der Waals surface area contributed by atoms with Crippen LogP contribution in [0.3, 0.4) is 0 Å². The van der Waals surface area contributed by atoms with Crippen LogP contribution in [0, 0.1) is 13.8 Å². The molecule has 2 nitrogen and oxygen atoms in total. The summed E-state index contributed by atoms with van der Waals surface area (Å²) >= 11 is 0. The van der Waals surface area contributed by atoms with Gasteiger partial charge in [-0.15, -0.1) is 0 Å². The molecule has 0 aliphatic heterocycles. The third kappa shape index (κ3) is 3.36. The Morgan fingerprint density at radius 1 is 0.895 bits per heavy atom. The highest BCUT2D eigenvalue weighted by molar-refractivity contribution is 5.43. The van der Waals surface area contributed by atoms with Crippen LogP contribution < -0.4 is 4.74 Å². The average Bonchev–Trinajstić information content (AvgIpc) is 2.33. The maximum absolute atomic E-state index is 10.2. The van der Waals surface area contributed by atoms with Crippen molar-refractivity contribution < 1.29 is 9.84 Å². The summed E-state index contributed by atoms with van der Waals surface area (Å²) in [6, 6.07) is 13.7. The third-order valence-corrected chi connectivity index (χ3v) is 3.04. The fourth-order valence-corrected chi connectivity index (χ4v) is 1.94. The molecular formula is C17H20O2. The lowest BCUT2D eigenvalue weighted by Gasteiger charge is -2.22. The summed E-state index contributed by atoms with van der Waals surface area (Å²) in [4.78, 5) is 0. The van der Waals surface area contributed by atoms with E-state index in [9.17, 15) is 5.11 Å². The molecule has 0 aliphatic carbocycles. The largest absolute Gasteiger partial charge is 0.457 e. The summed E-state index contributed by atoms with van der Waals surface area (Å²) < 4.78 is 5.89. The first-order valence-corrected chi connectivity index (χ1v) is 6.44. The Morgan fingerprint density at radius 3 is 2.05 bits per heavy atom. The first-order chi connectivity index (χ1) is 8.86. The molecule has 0 spiro atoms. The third-order valence-electron chi connectivity index (χ3n) is 3.04. The van der Waals surface area contributed by atoms with E-state index in [1.165, 1.54) is 5.56 Å². The summed E-state index contributed by atoms with van der Waals surface area (Å²) in [7, 11) is 0. The molecule has 0 fully saturated rings. The topological polar surface area (TPSA) is 29.5 Å². The van der Waals surface area contributed by atoms with E-state index >= 15 is 0 Å². The van der Waals surface area contributed by atoms with E-state index in [4.69, 9.17) is 4.74 Å². The molecular weight excluding hydrogens is 236 g/mol. The zero-order valence-corrected chi connectivity index (χ0v) is 11.9. The van der Waals surface area contributed by atoms with Gasteiger partial charge >= 0.3 is 0 Å². The van der Waals surface area contributed by atoms with Gasteiger partial charge in [0.15, 0.2) is 0 Å². The molecule has 0 amide bonds. The van der Waals surface area contributed by atoms with E-state index in [1.54, 1.807) is 13.8 Å². The van der Waals surface area contributed by atoms with Gasteiger partial charge in [-0.2, -0.15) is 0 Å². The molecule has 0 saturated heterocycles. The zero-order chi connectivity index (χ0) is 14.0. The van der Waals surface area contributed by atoms with Crippen molar-refractivity contribution in [1.82, 2.24) is 0 Å². The van der Waals surface area contributed by atoms with Crippen molar-refractivity contribution >= 4 is 0 Å². The van der Waals surface area contributed by atoms with Crippen molar-refractivity contribution in [3.05, 3.63) is 59.2 Å². The van der Waals surface area contributed by atoms with Gasteiger partial charge in [0.05, 0.1) is 5.60 Å². The number of hydrogen-bond donors (Lipinski definition) is 1. The van der Waals surface area contributed by atoms with Crippen LogP contribution >= 0.6 is 0 Å². The molecule has 100 valence electrons. The van der Waals surface area contributed by atoms with Gasteiger partial charge in [-0.25, -0.2) is 0 Å². The summed E-state index contributed by atoms with van der Waals surface area (Å²) in [5.74, 6) is 1.47. The fraction of sp³-hybridized carbons (Fsp3) is 0.294. The van der Waals surface area contributed by atoms with Crippen LogP contribution in [0.1, 0.15) is 30.5 Å². The Morgan fingerprint density at radius 2 is 1.47 bits per heavy atom. The molecule has 0 unspecified atom stereocenters. The fourth-order valence-electron chi connectivity index (χ4n) is 1.94. The van der Waals surface area contributed by atoms with Crippen LogP contribution in [0.4, 0.5) is 0 Å². The van der Waals surface area contributed by atoms with Gasteiger partial charge in [0.1, 0.15) is 11.5 Å². The highest BCUT2D eigenvalue weighted by Crippen LogP contribution is 2.33. The highest BCUT2D eigenvalue weighted by atomic mass is 16.5. The SMILES string of the molecule is Cc1ccc(Oc2ccc(C)cc2C(C)(C)O)cc1. The van der Waals surface area contributed by atoms with Crippen LogP contribution in [-0.4, -0.2) is 5.11 Å². The molecule has 19 heavy (non-hydrogen) atoms. The minimum Gasteiger partial charge on any atom is -0.457 e. The molecule has 0 atom stereocenters. The molecule has 0 heterocycles. The maximum atomic E-state index is 10.2. The van der Waals surface area contributed by atoms with Crippen molar-refractivity contribution in [3.8, 4) is 11.5 Å². The van der Waals surface area contributed by atoms with E-state index in [1.807, 2.05) is 56.3 Å². The molecule has 0 aliphatic rings. The van der Waals surface area contributed by atoms with Gasteiger partial charge in [0.2, 0.25) is 0 Å². The van der Waals surface area contributed by atoms with E-state index in [-0.39, 0.29) is 0 Å². The number of rotatable bonds is 3. The minimum atomic E-state index is -0.925. The summed E-state index contributed by atoms with van der Waals surface area (Å²) in [5, 5.41) is 10.2. The molecule has 0 radical (unpaired) electrons. The highest BCUT2D eigenvalue weighted by Gasteiger charge is 2.21.